The Balaban J connectivity index is 2.08. The quantitative estimate of drug-likeness (QED) is 0.795. The Morgan fingerprint density at radius 3 is 2.56 bits per heavy atom. The minimum atomic E-state index is -1.30. The van der Waals surface area contributed by atoms with E-state index in [2.05, 4.69) is 0 Å². The predicted molar refractivity (Wildman–Crippen MR) is 65.8 cm³/mol. The zero-order valence-electron chi connectivity index (χ0n) is 10.3. The van der Waals surface area contributed by atoms with Gasteiger partial charge in [0.05, 0.1) is 7.11 Å². The number of rotatable bonds is 6. The molecule has 1 atom stereocenters. The molecule has 1 fully saturated rings. The Bertz CT molecular complexity index is 444. The van der Waals surface area contributed by atoms with Crippen LogP contribution in [-0.2, 0) is 4.79 Å². The molecule has 0 aliphatic heterocycles. The normalized spacial score (nSPS) is 17.9. The van der Waals surface area contributed by atoms with Crippen molar-refractivity contribution in [1.29, 1.82) is 0 Å². The second-order valence-corrected chi connectivity index (χ2v) is 4.56. The summed E-state index contributed by atoms with van der Waals surface area (Å²) < 4.78 is 10.7. The lowest BCUT2D eigenvalue weighted by Gasteiger charge is -2.24. The lowest BCUT2D eigenvalue weighted by molar-refractivity contribution is -0.145. The summed E-state index contributed by atoms with van der Waals surface area (Å²) in [7, 11) is 1.54. The highest BCUT2D eigenvalue weighted by molar-refractivity contribution is 5.79. The Hall–Kier alpha value is -1.75. The second-order valence-electron chi connectivity index (χ2n) is 4.56. The van der Waals surface area contributed by atoms with E-state index in [-0.39, 0.29) is 12.5 Å². The van der Waals surface area contributed by atoms with E-state index in [1.54, 1.807) is 18.2 Å². The average molecular weight is 251 g/mol. The van der Waals surface area contributed by atoms with Crippen molar-refractivity contribution in [1.82, 2.24) is 0 Å². The molecule has 1 saturated carbocycles. The fourth-order valence-corrected chi connectivity index (χ4v) is 1.89. The SMILES string of the molecule is COc1ccccc1OCC(N)(C(=O)O)C1CC1. The molecule has 5 heteroatoms. The summed E-state index contributed by atoms with van der Waals surface area (Å²) in [5.41, 5.74) is 4.62. The number of aliphatic carboxylic acids is 1. The van der Waals surface area contributed by atoms with Crippen molar-refractivity contribution in [2.24, 2.45) is 11.7 Å². The molecule has 3 N–H and O–H groups in total. The van der Waals surface area contributed by atoms with Crippen LogP contribution in [0.25, 0.3) is 0 Å². The van der Waals surface area contributed by atoms with E-state index < -0.39 is 11.5 Å². The molecule has 1 unspecified atom stereocenters. The van der Waals surface area contributed by atoms with Gasteiger partial charge >= 0.3 is 5.97 Å². The van der Waals surface area contributed by atoms with Gasteiger partial charge in [-0.1, -0.05) is 12.1 Å². The maximum atomic E-state index is 11.2. The standard InChI is InChI=1S/C13H17NO4/c1-17-10-4-2-3-5-11(10)18-8-13(14,12(15)16)9-6-7-9/h2-5,9H,6-8,14H2,1H3,(H,15,16). The number of carboxylic acid groups (broad SMARTS) is 1. The average Bonchev–Trinajstić information content (AvgIpc) is 3.20. The molecular weight excluding hydrogens is 234 g/mol. The lowest BCUT2D eigenvalue weighted by Crippen LogP contribution is -2.54. The monoisotopic (exact) mass is 251 g/mol. The number of ether oxygens (including phenoxy) is 2. The highest BCUT2D eigenvalue weighted by atomic mass is 16.5. The van der Waals surface area contributed by atoms with E-state index >= 15 is 0 Å². The first-order valence-electron chi connectivity index (χ1n) is 5.86. The van der Waals surface area contributed by atoms with Crippen molar-refractivity contribution in [2.75, 3.05) is 13.7 Å². The van der Waals surface area contributed by atoms with Crippen molar-refractivity contribution < 1.29 is 19.4 Å². The molecule has 18 heavy (non-hydrogen) atoms. The maximum absolute atomic E-state index is 11.2. The van der Waals surface area contributed by atoms with Crippen LogP contribution in [0.4, 0.5) is 0 Å². The summed E-state index contributed by atoms with van der Waals surface area (Å²) >= 11 is 0. The van der Waals surface area contributed by atoms with E-state index in [0.717, 1.165) is 12.8 Å². The van der Waals surface area contributed by atoms with Crippen LogP contribution in [0.15, 0.2) is 24.3 Å². The summed E-state index contributed by atoms with van der Waals surface area (Å²) in [6.45, 7) is -0.0482. The highest BCUT2D eigenvalue weighted by Gasteiger charge is 2.49. The molecule has 0 bridgehead atoms. The fraction of sp³-hybridized carbons (Fsp3) is 0.462. The van der Waals surface area contributed by atoms with Crippen molar-refractivity contribution in [2.45, 2.75) is 18.4 Å². The van der Waals surface area contributed by atoms with E-state index in [0.29, 0.717) is 11.5 Å². The van der Waals surface area contributed by atoms with Gasteiger partial charge in [-0.2, -0.15) is 0 Å². The van der Waals surface area contributed by atoms with Gasteiger partial charge in [0.25, 0.3) is 0 Å². The zero-order chi connectivity index (χ0) is 13.2. The van der Waals surface area contributed by atoms with Crippen LogP contribution in [0, 0.1) is 5.92 Å². The summed E-state index contributed by atoms with van der Waals surface area (Å²) in [6.07, 6.45) is 1.69. The fourth-order valence-electron chi connectivity index (χ4n) is 1.89. The van der Waals surface area contributed by atoms with Gasteiger partial charge in [0.2, 0.25) is 0 Å². The molecule has 0 saturated heterocycles. The van der Waals surface area contributed by atoms with Gasteiger partial charge in [-0.15, -0.1) is 0 Å². The smallest absolute Gasteiger partial charge is 0.327 e. The van der Waals surface area contributed by atoms with Gasteiger partial charge in [0.1, 0.15) is 6.61 Å². The Morgan fingerprint density at radius 2 is 2.06 bits per heavy atom. The van der Waals surface area contributed by atoms with Crippen LogP contribution in [-0.4, -0.2) is 30.3 Å². The maximum Gasteiger partial charge on any atom is 0.327 e. The Labute approximate surface area is 106 Å². The molecule has 1 aromatic rings. The summed E-state index contributed by atoms with van der Waals surface area (Å²) in [4.78, 5) is 11.2. The number of nitrogens with two attached hydrogens (primary N) is 1. The predicted octanol–water partition coefficient (Wildman–Crippen LogP) is 1.27. The minimum Gasteiger partial charge on any atom is -0.493 e. The van der Waals surface area contributed by atoms with Gasteiger partial charge < -0.3 is 20.3 Å². The molecule has 98 valence electrons. The van der Waals surface area contributed by atoms with Crippen molar-refractivity contribution in [3.63, 3.8) is 0 Å². The van der Waals surface area contributed by atoms with E-state index in [1.165, 1.54) is 7.11 Å². The van der Waals surface area contributed by atoms with Gasteiger partial charge in [-0.25, -0.2) is 0 Å². The van der Waals surface area contributed by atoms with Crippen LogP contribution in [0.5, 0.6) is 11.5 Å². The summed E-state index contributed by atoms with van der Waals surface area (Å²) in [6, 6.07) is 7.10. The third-order valence-corrected chi connectivity index (χ3v) is 3.24. The number of hydrogen-bond donors (Lipinski definition) is 2. The third kappa shape index (κ3) is 2.41. The van der Waals surface area contributed by atoms with Crippen LogP contribution < -0.4 is 15.2 Å². The molecule has 0 radical (unpaired) electrons. The van der Waals surface area contributed by atoms with Crippen LogP contribution >= 0.6 is 0 Å². The number of benzene rings is 1. The van der Waals surface area contributed by atoms with Gasteiger partial charge in [0.15, 0.2) is 17.0 Å². The molecule has 1 aromatic carbocycles. The molecule has 2 rings (SSSR count). The Morgan fingerprint density at radius 1 is 1.44 bits per heavy atom. The number of para-hydroxylation sites is 2. The topological polar surface area (TPSA) is 81.8 Å². The van der Waals surface area contributed by atoms with Crippen LogP contribution in [0.2, 0.25) is 0 Å². The second kappa shape index (κ2) is 4.86. The van der Waals surface area contributed by atoms with Crippen molar-refractivity contribution in [3.05, 3.63) is 24.3 Å². The Kier molecular flexibility index (Phi) is 3.43. The third-order valence-electron chi connectivity index (χ3n) is 3.24. The molecule has 0 amide bonds. The van der Waals surface area contributed by atoms with E-state index in [1.807, 2.05) is 6.07 Å². The minimum absolute atomic E-state index is 0.00436. The van der Waals surface area contributed by atoms with Crippen molar-refractivity contribution in [3.8, 4) is 11.5 Å². The molecule has 0 spiro atoms. The zero-order valence-corrected chi connectivity index (χ0v) is 10.3. The van der Waals surface area contributed by atoms with Gasteiger partial charge in [-0.3, -0.25) is 4.79 Å². The first kappa shape index (κ1) is 12.7. The number of hydrogen-bond acceptors (Lipinski definition) is 4. The first-order chi connectivity index (χ1) is 8.58. The summed E-state index contributed by atoms with van der Waals surface area (Å²) in [5, 5.41) is 9.21. The number of methoxy groups -OCH3 is 1. The van der Waals surface area contributed by atoms with E-state index in [9.17, 15) is 9.90 Å². The van der Waals surface area contributed by atoms with Gasteiger partial charge in [-0.05, 0) is 30.9 Å². The molecular formula is C13H17NO4. The number of carboxylic acids is 1. The molecule has 0 aromatic heterocycles. The largest absolute Gasteiger partial charge is 0.493 e. The lowest BCUT2D eigenvalue weighted by atomic mass is 9.96. The highest BCUT2D eigenvalue weighted by Crippen LogP contribution is 2.39. The van der Waals surface area contributed by atoms with Gasteiger partial charge in [0, 0.05) is 0 Å². The van der Waals surface area contributed by atoms with Crippen molar-refractivity contribution >= 4 is 5.97 Å². The first-order valence-corrected chi connectivity index (χ1v) is 5.86. The van der Waals surface area contributed by atoms with E-state index in [4.69, 9.17) is 15.2 Å². The molecule has 0 heterocycles. The number of carbonyl (C=O) groups is 1. The molecule has 5 nitrogen and oxygen atoms in total. The van der Waals surface area contributed by atoms with Crippen LogP contribution in [0.1, 0.15) is 12.8 Å². The molecule has 1 aliphatic rings. The summed E-state index contributed by atoms with van der Waals surface area (Å²) in [5.74, 6) is 0.0716. The molecule has 1 aliphatic carbocycles. The van der Waals surface area contributed by atoms with Crippen LogP contribution in [0.3, 0.4) is 0 Å².